The van der Waals surface area contributed by atoms with Crippen molar-refractivity contribution in [2.45, 2.75) is 12.5 Å². The number of carbonyl (C=O) groups excluding carboxylic acids is 1. The number of nitrogens with zero attached hydrogens (tertiary/aromatic N) is 1. The van der Waals surface area contributed by atoms with E-state index >= 15 is 0 Å². The second kappa shape index (κ2) is 10.2. The summed E-state index contributed by atoms with van der Waals surface area (Å²) in [5, 5.41) is 27.8. The largest absolute Gasteiger partial charge is 0.508 e. The van der Waals surface area contributed by atoms with Crippen LogP contribution < -0.4 is 16.4 Å². The van der Waals surface area contributed by atoms with Crippen LogP contribution in [0, 0.1) is 0 Å². The molecule has 2 aromatic carbocycles. The van der Waals surface area contributed by atoms with E-state index in [4.69, 9.17) is 27.3 Å². The van der Waals surface area contributed by atoms with E-state index < -0.39 is 12.1 Å². The van der Waals surface area contributed by atoms with Crippen molar-refractivity contribution in [3.63, 3.8) is 0 Å². The highest BCUT2D eigenvalue weighted by Crippen LogP contribution is 2.14. The maximum atomic E-state index is 12.3. The zero-order valence-electron chi connectivity index (χ0n) is 14.4. The van der Waals surface area contributed by atoms with Crippen LogP contribution in [0.25, 0.3) is 0 Å². The standard InChI is InChI=1S/C18H21ClN4O4/c19-13-3-5-14(6-4-13)21-18(26)22-16(17(20)23-27-10-9-24)11-12-1-7-15(25)8-2-12/h1-8,16,24-25H,9-11H2,(H2,20,23)(H2,21,22,26)/t16-/m0/s1. The van der Waals surface area contributed by atoms with Crippen LogP contribution in [0.5, 0.6) is 5.75 Å². The smallest absolute Gasteiger partial charge is 0.319 e. The third kappa shape index (κ3) is 7.04. The summed E-state index contributed by atoms with van der Waals surface area (Å²) in [4.78, 5) is 17.2. The lowest BCUT2D eigenvalue weighted by Crippen LogP contribution is -2.47. The zero-order valence-corrected chi connectivity index (χ0v) is 15.2. The minimum Gasteiger partial charge on any atom is -0.508 e. The summed E-state index contributed by atoms with van der Waals surface area (Å²) >= 11 is 5.83. The van der Waals surface area contributed by atoms with Gasteiger partial charge in [0.15, 0.2) is 5.84 Å². The molecule has 0 radical (unpaired) electrons. The van der Waals surface area contributed by atoms with Gasteiger partial charge in [-0.05, 0) is 42.0 Å². The first-order chi connectivity index (χ1) is 13.0. The molecule has 0 aliphatic heterocycles. The molecule has 0 aliphatic carbocycles. The number of oxime groups is 1. The van der Waals surface area contributed by atoms with Gasteiger partial charge < -0.3 is 31.4 Å². The molecule has 0 heterocycles. The highest BCUT2D eigenvalue weighted by Gasteiger charge is 2.18. The predicted molar refractivity (Wildman–Crippen MR) is 104 cm³/mol. The van der Waals surface area contributed by atoms with Crippen LogP contribution in [0.15, 0.2) is 53.7 Å². The molecular weight excluding hydrogens is 372 g/mol. The van der Waals surface area contributed by atoms with Crippen LogP contribution in [0.3, 0.4) is 0 Å². The summed E-state index contributed by atoms with van der Waals surface area (Å²) in [5.41, 5.74) is 7.32. The Balaban J connectivity index is 2.07. The molecule has 0 bridgehead atoms. The van der Waals surface area contributed by atoms with Gasteiger partial charge in [0, 0.05) is 17.1 Å². The van der Waals surface area contributed by atoms with Crippen LogP contribution in [0.2, 0.25) is 5.02 Å². The van der Waals surface area contributed by atoms with Crippen LogP contribution in [0.4, 0.5) is 10.5 Å². The summed E-state index contributed by atoms with van der Waals surface area (Å²) in [6.07, 6.45) is 0.326. The molecule has 8 nitrogen and oxygen atoms in total. The van der Waals surface area contributed by atoms with Crippen LogP contribution in [-0.2, 0) is 11.3 Å². The molecule has 0 unspecified atom stereocenters. The maximum Gasteiger partial charge on any atom is 0.319 e. The fraction of sp³-hybridized carbons (Fsp3) is 0.222. The van der Waals surface area contributed by atoms with Gasteiger partial charge >= 0.3 is 6.03 Å². The molecule has 1 atom stereocenters. The highest BCUT2D eigenvalue weighted by molar-refractivity contribution is 6.30. The van der Waals surface area contributed by atoms with Crippen LogP contribution in [0.1, 0.15) is 5.56 Å². The van der Waals surface area contributed by atoms with E-state index in [1.165, 1.54) is 12.1 Å². The third-order valence-corrected chi connectivity index (χ3v) is 3.75. The molecule has 2 rings (SSSR count). The molecule has 144 valence electrons. The van der Waals surface area contributed by atoms with Gasteiger partial charge in [-0.2, -0.15) is 0 Å². The number of anilines is 1. The fourth-order valence-electron chi connectivity index (χ4n) is 2.18. The van der Waals surface area contributed by atoms with Crippen molar-refractivity contribution in [2.75, 3.05) is 18.5 Å². The second-order valence-corrected chi connectivity index (χ2v) is 6.04. The van der Waals surface area contributed by atoms with Gasteiger partial charge in [-0.25, -0.2) is 4.79 Å². The molecule has 0 saturated carbocycles. The van der Waals surface area contributed by atoms with E-state index in [0.29, 0.717) is 17.1 Å². The maximum absolute atomic E-state index is 12.3. The lowest BCUT2D eigenvalue weighted by Gasteiger charge is -2.18. The SMILES string of the molecule is N/C(=N\OCCO)[C@H](Cc1ccc(O)cc1)NC(=O)Nc1ccc(Cl)cc1. The molecule has 27 heavy (non-hydrogen) atoms. The van der Waals surface area contributed by atoms with E-state index in [0.717, 1.165) is 5.56 Å². The first-order valence-corrected chi connectivity index (χ1v) is 8.53. The molecule has 0 fully saturated rings. The molecule has 2 amide bonds. The highest BCUT2D eigenvalue weighted by atomic mass is 35.5. The van der Waals surface area contributed by atoms with E-state index in [9.17, 15) is 9.90 Å². The molecule has 0 aliphatic rings. The quantitative estimate of drug-likeness (QED) is 0.203. The van der Waals surface area contributed by atoms with Gasteiger partial charge in [-0.1, -0.05) is 28.9 Å². The van der Waals surface area contributed by atoms with Crippen molar-refractivity contribution in [3.8, 4) is 5.75 Å². The number of aliphatic hydroxyl groups excluding tert-OH is 1. The Morgan fingerprint density at radius 3 is 2.48 bits per heavy atom. The van der Waals surface area contributed by atoms with E-state index in [2.05, 4.69) is 15.8 Å². The number of aliphatic hydroxyl groups is 1. The molecule has 0 spiro atoms. The average molecular weight is 393 g/mol. The van der Waals surface area contributed by atoms with Crippen molar-refractivity contribution < 1.29 is 19.8 Å². The number of urea groups is 1. The Kier molecular flexibility index (Phi) is 7.72. The minimum absolute atomic E-state index is 0.0103. The molecule has 2 aromatic rings. The first kappa shape index (κ1) is 20.3. The van der Waals surface area contributed by atoms with Gasteiger partial charge in [-0.3, -0.25) is 0 Å². The minimum atomic E-state index is -0.666. The number of carbonyl (C=O) groups is 1. The number of phenols is 1. The van der Waals surface area contributed by atoms with E-state index in [-0.39, 0.29) is 24.8 Å². The third-order valence-electron chi connectivity index (χ3n) is 3.49. The number of rotatable bonds is 8. The van der Waals surface area contributed by atoms with Crippen molar-refractivity contribution in [3.05, 3.63) is 59.1 Å². The number of hydrogen-bond donors (Lipinski definition) is 5. The second-order valence-electron chi connectivity index (χ2n) is 5.60. The Morgan fingerprint density at radius 1 is 1.19 bits per heavy atom. The van der Waals surface area contributed by atoms with Crippen molar-refractivity contribution in [1.29, 1.82) is 0 Å². The number of benzene rings is 2. The van der Waals surface area contributed by atoms with Gasteiger partial charge in [0.25, 0.3) is 0 Å². The van der Waals surface area contributed by atoms with E-state index in [1.807, 2.05) is 0 Å². The number of phenolic OH excluding ortho intramolecular Hbond substituents is 1. The number of aromatic hydroxyl groups is 1. The van der Waals surface area contributed by atoms with Gasteiger partial charge in [0.1, 0.15) is 12.4 Å². The van der Waals surface area contributed by atoms with Crippen LogP contribution in [-0.4, -0.2) is 41.3 Å². The number of amidine groups is 1. The van der Waals surface area contributed by atoms with Gasteiger partial charge in [0.2, 0.25) is 0 Å². The molecule has 6 N–H and O–H groups in total. The van der Waals surface area contributed by atoms with Gasteiger partial charge in [0.05, 0.1) is 12.6 Å². The first-order valence-electron chi connectivity index (χ1n) is 8.15. The summed E-state index contributed by atoms with van der Waals surface area (Å²) < 4.78 is 0. The Labute approximate surface area is 161 Å². The van der Waals surface area contributed by atoms with Crippen molar-refractivity contribution >= 4 is 29.2 Å². The summed E-state index contributed by atoms with van der Waals surface area (Å²) in [5.74, 6) is 0.180. The lowest BCUT2D eigenvalue weighted by atomic mass is 10.1. The number of amides is 2. The summed E-state index contributed by atoms with van der Waals surface area (Å²) in [6.45, 7) is -0.215. The predicted octanol–water partition coefficient (Wildman–Crippen LogP) is 2.06. The Hall–Kier alpha value is -2.97. The van der Waals surface area contributed by atoms with Crippen LogP contribution >= 0.6 is 11.6 Å². The normalized spacial score (nSPS) is 12.3. The summed E-state index contributed by atoms with van der Waals surface area (Å²) in [7, 11) is 0. The number of nitrogens with two attached hydrogens (primary N) is 1. The van der Waals surface area contributed by atoms with Gasteiger partial charge in [-0.15, -0.1) is 0 Å². The average Bonchev–Trinajstić information content (AvgIpc) is 2.65. The molecule has 9 heteroatoms. The zero-order chi connectivity index (χ0) is 19.6. The van der Waals surface area contributed by atoms with E-state index in [1.54, 1.807) is 36.4 Å². The molecule has 0 aromatic heterocycles. The topological polar surface area (TPSA) is 129 Å². The fourth-order valence-corrected chi connectivity index (χ4v) is 2.31. The van der Waals surface area contributed by atoms with Crippen molar-refractivity contribution in [2.24, 2.45) is 10.9 Å². The Morgan fingerprint density at radius 2 is 1.85 bits per heavy atom. The summed E-state index contributed by atoms with van der Waals surface area (Å²) in [6, 6.07) is 12.0. The Bertz CT molecular complexity index is 766. The number of hydrogen-bond acceptors (Lipinski definition) is 5. The monoisotopic (exact) mass is 392 g/mol. The lowest BCUT2D eigenvalue weighted by molar-refractivity contribution is 0.0975. The number of halogens is 1. The molecule has 0 saturated heterocycles. The van der Waals surface area contributed by atoms with Crippen molar-refractivity contribution in [1.82, 2.24) is 5.32 Å². The molecular formula is C18H21ClN4O4. The number of nitrogens with one attached hydrogen (secondary N) is 2.